The molecule has 0 spiro atoms. The van der Waals surface area contributed by atoms with Gasteiger partial charge in [-0.3, -0.25) is 0 Å². The molecule has 0 amide bonds. The molecule has 182 valence electrons. The van der Waals surface area contributed by atoms with Crippen molar-refractivity contribution in [3.05, 3.63) is 23.2 Å². The van der Waals surface area contributed by atoms with Crippen LogP contribution in [0, 0.1) is 0 Å². The molecule has 0 aliphatic heterocycles. The van der Waals surface area contributed by atoms with Gasteiger partial charge in [-0.2, -0.15) is 0 Å². The molecule has 0 atom stereocenters. The number of hydrogen-bond acceptors (Lipinski definition) is 8. The topological polar surface area (TPSA) is 25.8 Å². The fourth-order valence-corrected chi connectivity index (χ4v) is 9.71. The summed E-state index contributed by atoms with van der Waals surface area (Å²) >= 11 is 3.48. The first-order chi connectivity index (χ1) is 15.9. The summed E-state index contributed by atoms with van der Waals surface area (Å²) < 4.78 is 2.39. The van der Waals surface area contributed by atoms with Crippen LogP contribution >= 0.6 is 65.8 Å². The molecule has 0 unspecified atom stereocenters. The van der Waals surface area contributed by atoms with Crippen molar-refractivity contribution in [2.24, 2.45) is 0 Å². The van der Waals surface area contributed by atoms with Gasteiger partial charge in [0.05, 0.1) is 0 Å². The third-order valence-electron chi connectivity index (χ3n) is 5.29. The molecule has 2 aromatic rings. The molecule has 0 saturated carbocycles. The highest BCUT2D eigenvalue weighted by Crippen LogP contribution is 2.33. The second-order valence-corrected chi connectivity index (χ2v) is 15.2. The second kappa shape index (κ2) is 22.1. The molecule has 32 heavy (non-hydrogen) atoms. The fraction of sp³-hybridized carbons (Fsp3) is 0.750. The molecule has 2 heterocycles. The van der Waals surface area contributed by atoms with Crippen LogP contribution < -0.4 is 0 Å². The average Bonchev–Trinajstić information content (AvgIpc) is 3.51. The number of unbranched alkanes of at least 4 members (excludes halogenated alkanes) is 15. The van der Waals surface area contributed by atoms with Crippen molar-refractivity contribution in [3.8, 4) is 0 Å². The van der Waals surface area contributed by atoms with Crippen molar-refractivity contribution < 1.29 is 0 Å². The van der Waals surface area contributed by atoms with Gasteiger partial charge in [0.25, 0.3) is 0 Å². The first-order valence-electron chi connectivity index (χ1n) is 12.3. The maximum Gasteiger partial charge on any atom is 0.160 e. The highest BCUT2D eigenvalue weighted by atomic mass is 33.1. The first kappa shape index (κ1) is 28.9. The molecule has 0 radical (unpaired) electrons. The molecule has 0 aliphatic rings. The lowest BCUT2D eigenvalue weighted by molar-refractivity contribution is 0.532. The summed E-state index contributed by atoms with van der Waals surface area (Å²) in [4.78, 5) is 8.61. The lowest BCUT2D eigenvalue weighted by Gasteiger charge is -2.04. The van der Waals surface area contributed by atoms with Crippen LogP contribution in [0.15, 0.2) is 31.8 Å². The number of nitrogens with zero attached hydrogens (tertiary/aromatic N) is 2. The van der Waals surface area contributed by atoms with Gasteiger partial charge in [-0.05, 0) is 34.4 Å². The summed E-state index contributed by atoms with van der Waals surface area (Å²) in [5, 5.41) is 4.11. The van der Waals surface area contributed by atoms with Gasteiger partial charge in [0.1, 0.15) is 0 Å². The van der Waals surface area contributed by atoms with Gasteiger partial charge in [0.15, 0.2) is 8.68 Å². The SMILES string of the molecule is c1csc(SSCCCCCCCCCCCCCCCCCCSSc2nccs2)n1. The molecule has 8 heteroatoms. The zero-order chi connectivity index (χ0) is 22.4. The van der Waals surface area contributed by atoms with Gasteiger partial charge >= 0.3 is 0 Å². The fourth-order valence-electron chi connectivity index (χ4n) is 3.48. The Bertz CT molecular complexity index is 552. The quantitative estimate of drug-likeness (QED) is 0.101. The predicted octanol–water partition coefficient (Wildman–Crippen LogP) is 11.0. The molecule has 2 nitrogen and oxygen atoms in total. The van der Waals surface area contributed by atoms with E-state index in [4.69, 9.17) is 0 Å². The molecule has 2 rings (SSSR count). The van der Waals surface area contributed by atoms with Crippen molar-refractivity contribution >= 4 is 65.8 Å². The Morgan fingerprint density at radius 3 is 1.06 bits per heavy atom. The van der Waals surface area contributed by atoms with Crippen molar-refractivity contribution in [1.82, 2.24) is 9.97 Å². The van der Waals surface area contributed by atoms with E-state index in [0.717, 1.165) is 0 Å². The van der Waals surface area contributed by atoms with Crippen molar-refractivity contribution in [2.75, 3.05) is 11.5 Å². The monoisotopic (exact) mass is 548 g/mol. The van der Waals surface area contributed by atoms with Crippen LogP contribution in [0.4, 0.5) is 0 Å². The van der Waals surface area contributed by atoms with E-state index in [1.165, 1.54) is 123 Å². The lowest BCUT2D eigenvalue weighted by atomic mass is 10.0. The zero-order valence-electron chi connectivity index (χ0n) is 19.4. The summed E-state index contributed by atoms with van der Waals surface area (Å²) in [6.07, 6.45) is 26.6. The average molecular weight is 549 g/mol. The van der Waals surface area contributed by atoms with E-state index >= 15 is 0 Å². The molecular formula is C24H40N2S6. The highest BCUT2D eigenvalue weighted by molar-refractivity contribution is 8.77. The minimum Gasteiger partial charge on any atom is -0.237 e. The predicted molar refractivity (Wildman–Crippen MR) is 155 cm³/mol. The molecule has 0 bridgehead atoms. The minimum atomic E-state index is 1.19. The van der Waals surface area contributed by atoms with Crippen molar-refractivity contribution in [2.45, 2.75) is 111 Å². The van der Waals surface area contributed by atoms with Crippen molar-refractivity contribution in [1.29, 1.82) is 0 Å². The third kappa shape index (κ3) is 17.1. The van der Waals surface area contributed by atoms with Crippen LogP contribution in [0.3, 0.4) is 0 Å². The van der Waals surface area contributed by atoms with E-state index in [9.17, 15) is 0 Å². The van der Waals surface area contributed by atoms with Crippen LogP contribution in [0.2, 0.25) is 0 Å². The third-order valence-corrected chi connectivity index (χ3v) is 12.4. The Morgan fingerprint density at radius 1 is 0.469 bits per heavy atom. The lowest BCUT2D eigenvalue weighted by Crippen LogP contribution is -1.84. The van der Waals surface area contributed by atoms with Crippen LogP contribution in [-0.4, -0.2) is 21.5 Å². The Kier molecular flexibility index (Phi) is 20.0. The molecular weight excluding hydrogens is 509 g/mol. The van der Waals surface area contributed by atoms with Gasteiger partial charge in [-0.1, -0.05) is 111 Å². The second-order valence-electron chi connectivity index (χ2n) is 8.06. The van der Waals surface area contributed by atoms with Crippen LogP contribution in [0.25, 0.3) is 0 Å². The number of aromatic nitrogens is 2. The van der Waals surface area contributed by atoms with E-state index in [0.29, 0.717) is 0 Å². The van der Waals surface area contributed by atoms with Gasteiger partial charge in [0, 0.05) is 34.7 Å². The largest absolute Gasteiger partial charge is 0.237 e. The Labute approximate surface area is 220 Å². The Morgan fingerprint density at radius 2 is 0.781 bits per heavy atom. The number of thiazole rings is 2. The van der Waals surface area contributed by atoms with Crippen molar-refractivity contribution in [3.63, 3.8) is 0 Å². The summed E-state index contributed by atoms with van der Waals surface area (Å²) in [5.41, 5.74) is 0. The number of hydrogen-bond donors (Lipinski definition) is 0. The summed E-state index contributed by atoms with van der Waals surface area (Å²) in [5.74, 6) is 2.52. The van der Waals surface area contributed by atoms with E-state index in [-0.39, 0.29) is 0 Å². The summed E-state index contributed by atoms with van der Waals surface area (Å²) in [6, 6.07) is 0. The van der Waals surface area contributed by atoms with E-state index in [1.54, 1.807) is 22.7 Å². The molecule has 0 aromatic carbocycles. The van der Waals surface area contributed by atoms with Crippen LogP contribution in [-0.2, 0) is 0 Å². The van der Waals surface area contributed by atoms with E-state index < -0.39 is 0 Å². The van der Waals surface area contributed by atoms with Crippen LogP contribution in [0.1, 0.15) is 103 Å². The minimum absolute atomic E-state index is 1.19. The standard InChI is InChI=1S/C24H40N2S6/c1(3-5-7-9-11-13-15-19-29-31-23-25-17-21-27-23)2-4-6-8-10-12-14-16-20-30-32-24-26-18-22-28-24/h17-18,21-22H,1-16,19-20H2. The number of rotatable bonds is 23. The van der Waals surface area contributed by atoms with Gasteiger partial charge in [-0.25, -0.2) is 9.97 Å². The van der Waals surface area contributed by atoms with Gasteiger partial charge < -0.3 is 0 Å². The van der Waals surface area contributed by atoms with E-state index in [2.05, 4.69) is 20.7 Å². The molecule has 0 saturated heterocycles. The molecule has 0 fully saturated rings. The van der Waals surface area contributed by atoms with Gasteiger partial charge in [0.2, 0.25) is 0 Å². The maximum atomic E-state index is 4.30. The molecule has 2 aromatic heterocycles. The normalized spacial score (nSPS) is 11.4. The molecule has 0 aliphatic carbocycles. The summed E-state index contributed by atoms with van der Waals surface area (Å²) in [6.45, 7) is 0. The molecule has 0 N–H and O–H groups in total. The smallest absolute Gasteiger partial charge is 0.160 e. The summed E-state index contributed by atoms with van der Waals surface area (Å²) in [7, 11) is 7.60. The van der Waals surface area contributed by atoms with Crippen LogP contribution in [0.5, 0.6) is 0 Å². The highest BCUT2D eigenvalue weighted by Gasteiger charge is 1.99. The Balaban J connectivity index is 1.17. The van der Waals surface area contributed by atoms with Gasteiger partial charge in [-0.15, -0.1) is 22.7 Å². The van der Waals surface area contributed by atoms with E-state index in [1.807, 2.05) is 55.6 Å². The first-order valence-corrected chi connectivity index (χ1v) is 18.7. The zero-order valence-corrected chi connectivity index (χ0v) is 24.3. The maximum absolute atomic E-state index is 4.30. The Hall–Kier alpha value is 0.660.